The first-order valence-electron chi connectivity index (χ1n) is 5.65. The van der Waals surface area contributed by atoms with Gasteiger partial charge in [0.05, 0.1) is 17.1 Å². The lowest BCUT2D eigenvalue weighted by atomic mass is 10.3. The number of hydrogen-bond donors (Lipinski definition) is 1. The van der Waals surface area contributed by atoms with E-state index >= 15 is 0 Å². The van der Waals surface area contributed by atoms with Crippen LogP contribution in [0.4, 0.5) is 0 Å². The molecule has 0 aliphatic heterocycles. The minimum Gasteiger partial charge on any atom is -0.508 e. The van der Waals surface area contributed by atoms with Gasteiger partial charge in [0.25, 0.3) is 0 Å². The van der Waals surface area contributed by atoms with E-state index in [-0.39, 0.29) is 17.2 Å². The van der Waals surface area contributed by atoms with Gasteiger partial charge in [-0.2, -0.15) is 4.31 Å². The van der Waals surface area contributed by atoms with Gasteiger partial charge in [0.1, 0.15) is 5.75 Å². The van der Waals surface area contributed by atoms with Crippen LogP contribution in [-0.2, 0) is 16.6 Å². The minimum atomic E-state index is -3.57. The second-order valence-electron chi connectivity index (χ2n) is 4.08. The normalized spacial score (nSPS) is 11.7. The predicted molar refractivity (Wildman–Crippen MR) is 71.0 cm³/mol. The molecule has 0 saturated heterocycles. The molecule has 2 rings (SSSR count). The topological polar surface area (TPSA) is 70.5 Å². The molecule has 0 unspecified atom stereocenters. The van der Waals surface area contributed by atoms with Crippen molar-refractivity contribution >= 4 is 10.0 Å². The van der Waals surface area contributed by atoms with Crippen LogP contribution in [0.1, 0.15) is 5.69 Å². The van der Waals surface area contributed by atoms with Crippen molar-refractivity contribution in [3.05, 3.63) is 54.4 Å². The lowest BCUT2D eigenvalue weighted by molar-refractivity contribution is 0.461. The summed E-state index contributed by atoms with van der Waals surface area (Å²) in [6, 6.07) is 10.8. The minimum absolute atomic E-state index is 0.0336. The van der Waals surface area contributed by atoms with Crippen molar-refractivity contribution in [1.29, 1.82) is 0 Å². The largest absolute Gasteiger partial charge is 0.508 e. The molecular weight excluding hydrogens is 264 g/mol. The van der Waals surface area contributed by atoms with E-state index in [0.29, 0.717) is 5.69 Å². The number of aromatic hydroxyl groups is 1. The number of phenols is 1. The van der Waals surface area contributed by atoms with E-state index in [4.69, 9.17) is 0 Å². The molecule has 5 nitrogen and oxygen atoms in total. The Labute approximate surface area is 112 Å². The van der Waals surface area contributed by atoms with Crippen LogP contribution in [0.3, 0.4) is 0 Å². The van der Waals surface area contributed by atoms with Gasteiger partial charge in [-0.25, -0.2) is 8.42 Å². The maximum atomic E-state index is 12.3. The summed E-state index contributed by atoms with van der Waals surface area (Å²) in [7, 11) is -2.07. The Balaban J connectivity index is 2.22. The van der Waals surface area contributed by atoms with E-state index < -0.39 is 10.0 Å². The summed E-state index contributed by atoms with van der Waals surface area (Å²) in [5, 5.41) is 9.18. The fraction of sp³-hybridized carbons (Fsp3) is 0.154. The average Bonchev–Trinajstić information content (AvgIpc) is 2.40. The van der Waals surface area contributed by atoms with Crippen LogP contribution >= 0.6 is 0 Å². The van der Waals surface area contributed by atoms with Crippen LogP contribution in [-0.4, -0.2) is 29.9 Å². The van der Waals surface area contributed by atoms with Crippen LogP contribution < -0.4 is 0 Å². The zero-order valence-corrected chi connectivity index (χ0v) is 11.2. The van der Waals surface area contributed by atoms with Crippen LogP contribution in [0, 0.1) is 0 Å². The monoisotopic (exact) mass is 278 g/mol. The van der Waals surface area contributed by atoms with Crippen LogP contribution in [0.15, 0.2) is 53.6 Å². The fourth-order valence-electron chi connectivity index (χ4n) is 1.60. The molecule has 19 heavy (non-hydrogen) atoms. The van der Waals surface area contributed by atoms with Crippen molar-refractivity contribution < 1.29 is 13.5 Å². The van der Waals surface area contributed by atoms with Crippen molar-refractivity contribution in [3.8, 4) is 5.75 Å². The van der Waals surface area contributed by atoms with Gasteiger partial charge in [0.15, 0.2) is 0 Å². The maximum absolute atomic E-state index is 12.3. The molecular formula is C13H14N2O3S. The Bertz CT molecular complexity index is 639. The fourth-order valence-corrected chi connectivity index (χ4v) is 2.74. The number of pyridine rings is 1. The smallest absolute Gasteiger partial charge is 0.243 e. The van der Waals surface area contributed by atoms with Gasteiger partial charge in [-0.3, -0.25) is 4.98 Å². The Morgan fingerprint density at radius 2 is 1.84 bits per heavy atom. The highest BCUT2D eigenvalue weighted by atomic mass is 32.2. The molecule has 2 aromatic rings. The van der Waals surface area contributed by atoms with Crippen molar-refractivity contribution in [2.24, 2.45) is 0 Å². The van der Waals surface area contributed by atoms with E-state index in [9.17, 15) is 13.5 Å². The lowest BCUT2D eigenvalue weighted by Gasteiger charge is -2.16. The third-order valence-corrected chi connectivity index (χ3v) is 4.47. The Morgan fingerprint density at radius 3 is 2.42 bits per heavy atom. The zero-order valence-electron chi connectivity index (χ0n) is 10.4. The quantitative estimate of drug-likeness (QED) is 0.922. The van der Waals surface area contributed by atoms with Gasteiger partial charge < -0.3 is 5.11 Å². The average molecular weight is 278 g/mol. The number of hydrogen-bond acceptors (Lipinski definition) is 4. The molecule has 0 atom stereocenters. The highest BCUT2D eigenvalue weighted by Crippen LogP contribution is 2.18. The summed E-state index contributed by atoms with van der Waals surface area (Å²) in [4.78, 5) is 4.24. The second kappa shape index (κ2) is 5.38. The van der Waals surface area contributed by atoms with E-state index in [1.54, 1.807) is 18.3 Å². The highest BCUT2D eigenvalue weighted by molar-refractivity contribution is 7.89. The maximum Gasteiger partial charge on any atom is 0.243 e. The van der Waals surface area contributed by atoms with Gasteiger partial charge in [-0.05, 0) is 36.4 Å². The number of phenolic OH excluding ortho intramolecular Hbond substituents is 1. The Hall–Kier alpha value is -1.92. The van der Waals surface area contributed by atoms with E-state index in [1.807, 2.05) is 6.07 Å². The third-order valence-electron chi connectivity index (χ3n) is 2.66. The number of nitrogens with zero attached hydrogens (tertiary/aromatic N) is 2. The first-order valence-corrected chi connectivity index (χ1v) is 7.09. The second-order valence-corrected chi connectivity index (χ2v) is 6.12. The first kappa shape index (κ1) is 13.5. The zero-order chi connectivity index (χ0) is 13.9. The highest BCUT2D eigenvalue weighted by Gasteiger charge is 2.20. The number of sulfonamides is 1. The van der Waals surface area contributed by atoms with Crippen LogP contribution in [0.5, 0.6) is 5.75 Å². The summed E-state index contributed by atoms with van der Waals surface area (Å²) in [6.45, 7) is 0.198. The molecule has 0 amide bonds. The number of benzene rings is 1. The molecule has 0 aliphatic rings. The van der Waals surface area contributed by atoms with Gasteiger partial charge in [0.2, 0.25) is 10.0 Å². The van der Waals surface area contributed by atoms with Crippen LogP contribution in [0.2, 0.25) is 0 Å². The SMILES string of the molecule is CN(Cc1ccccn1)S(=O)(=O)c1ccc(O)cc1. The lowest BCUT2D eigenvalue weighted by Crippen LogP contribution is -2.26. The van der Waals surface area contributed by atoms with Gasteiger partial charge >= 0.3 is 0 Å². The summed E-state index contributed by atoms with van der Waals surface area (Å²) < 4.78 is 25.8. The van der Waals surface area contributed by atoms with Crippen molar-refractivity contribution in [1.82, 2.24) is 9.29 Å². The van der Waals surface area contributed by atoms with E-state index in [1.165, 1.54) is 35.6 Å². The molecule has 1 aromatic carbocycles. The summed E-state index contributed by atoms with van der Waals surface area (Å²) in [6.07, 6.45) is 1.62. The molecule has 1 heterocycles. The number of aromatic nitrogens is 1. The molecule has 1 N–H and O–H groups in total. The van der Waals surface area contributed by atoms with E-state index in [2.05, 4.69) is 4.98 Å². The van der Waals surface area contributed by atoms with Gasteiger partial charge in [-0.1, -0.05) is 6.07 Å². The van der Waals surface area contributed by atoms with Crippen molar-refractivity contribution in [2.75, 3.05) is 7.05 Å². The van der Waals surface area contributed by atoms with Gasteiger partial charge in [-0.15, -0.1) is 0 Å². The summed E-state index contributed by atoms with van der Waals surface area (Å²) >= 11 is 0. The molecule has 0 radical (unpaired) electrons. The van der Waals surface area contributed by atoms with Crippen molar-refractivity contribution in [2.45, 2.75) is 11.4 Å². The van der Waals surface area contributed by atoms with Gasteiger partial charge in [0, 0.05) is 13.2 Å². The molecule has 1 aromatic heterocycles. The van der Waals surface area contributed by atoms with E-state index in [0.717, 1.165) is 0 Å². The molecule has 0 aliphatic carbocycles. The Morgan fingerprint density at radius 1 is 1.16 bits per heavy atom. The first-order chi connectivity index (χ1) is 9.00. The molecule has 100 valence electrons. The molecule has 0 spiro atoms. The summed E-state index contributed by atoms with van der Waals surface area (Å²) in [5.41, 5.74) is 0.673. The standard InChI is InChI=1S/C13H14N2O3S/c1-15(10-11-4-2-3-9-14-11)19(17,18)13-7-5-12(16)6-8-13/h2-9,16H,10H2,1H3. The Kier molecular flexibility index (Phi) is 3.82. The molecule has 0 fully saturated rings. The molecule has 0 saturated carbocycles. The molecule has 6 heteroatoms. The summed E-state index contributed by atoms with van der Waals surface area (Å²) in [5.74, 6) is 0.0336. The van der Waals surface area contributed by atoms with Crippen LogP contribution in [0.25, 0.3) is 0 Å². The third kappa shape index (κ3) is 3.10. The van der Waals surface area contributed by atoms with Crippen molar-refractivity contribution in [3.63, 3.8) is 0 Å². The number of rotatable bonds is 4. The molecule has 0 bridgehead atoms. The predicted octanol–water partition coefficient (Wildman–Crippen LogP) is 1.61.